The van der Waals surface area contributed by atoms with Gasteiger partial charge in [0.25, 0.3) is 5.91 Å². The van der Waals surface area contributed by atoms with Crippen molar-refractivity contribution in [1.82, 2.24) is 14.8 Å². The minimum absolute atomic E-state index is 0.0695. The zero-order valence-electron chi connectivity index (χ0n) is 13.9. The molecule has 0 radical (unpaired) electrons. The van der Waals surface area contributed by atoms with Crippen molar-refractivity contribution >= 4 is 5.91 Å². The van der Waals surface area contributed by atoms with Crippen LogP contribution < -0.4 is 5.56 Å². The third-order valence-electron chi connectivity index (χ3n) is 5.69. The Hall–Kier alpha value is -1.66. The Balaban J connectivity index is 1.45. The van der Waals surface area contributed by atoms with Crippen molar-refractivity contribution in [2.24, 2.45) is 5.92 Å². The van der Waals surface area contributed by atoms with Crippen LogP contribution in [-0.4, -0.2) is 65.6 Å². The summed E-state index contributed by atoms with van der Waals surface area (Å²) in [7, 11) is 0. The van der Waals surface area contributed by atoms with Crippen LogP contribution in [0.25, 0.3) is 0 Å². The number of carbonyl (C=O) groups is 1. The van der Waals surface area contributed by atoms with Gasteiger partial charge in [-0.15, -0.1) is 0 Å². The summed E-state index contributed by atoms with van der Waals surface area (Å²) in [6, 6.07) is 3.34. The van der Waals surface area contributed by atoms with Crippen LogP contribution in [0.4, 0.5) is 0 Å². The van der Waals surface area contributed by atoms with E-state index in [1.54, 1.807) is 6.07 Å². The molecule has 24 heavy (non-hydrogen) atoms. The average Bonchev–Trinajstić information content (AvgIpc) is 3.24. The topological polar surface area (TPSA) is 65.6 Å². The molecule has 1 aliphatic carbocycles. The highest BCUT2D eigenvalue weighted by atomic mass is 16.5. The average molecular weight is 331 g/mol. The maximum absolute atomic E-state index is 12.7. The summed E-state index contributed by atoms with van der Waals surface area (Å²) in [6.45, 7) is 4.17. The van der Waals surface area contributed by atoms with Crippen LogP contribution in [0.5, 0.6) is 0 Å². The van der Waals surface area contributed by atoms with E-state index in [0.717, 1.165) is 25.6 Å². The van der Waals surface area contributed by atoms with E-state index in [4.69, 9.17) is 4.74 Å². The van der Waals surface area contributed by atoms with E-state index in [2.05, 4.69) is 9.88 Å². The smallest absolute Gasteiger partial charge is 0.254 e. The minimum Gasteiger partial charge on any atom is -0.373 e. The Bertz CT molecular complexity index is 653. The Kier molecular flexibility index (Phi) is 4.41. The fraction of sp³-hybridized carbons (Fsp3) is 0.667. The molecule has 1 saturated carbocycles. The molecule has 0 unspecified atom stereocenters. The standard InChI is InChI=1S/C18H25N3O3/c22-17-9-14(5-6-19-17)18(23)21-11-15-16(12-21)24-8-7-20(15)10-13-3-1-2-4-13/h5-6,9,13,15-16H,1-4,7-8,10-12H2,(H,19,22)/t15-,16-/m0/s1. The quantitative estimate of drug-likeness (QED) is 0.900. The fourth-order valence-corrected chi connectivity index (χ4v) is 4.44. The Labute approximate surface area is 141 Å². The van der Waals surface area contributed by atoms with Crippen molar-refractivity contribution < 1.29 is 9.53 Å². The van der Waals surface area contributed by atoms with Crippen LogP contribution in [0.15, 0.2) is 23.1 Å². The number of amides is 1. The number of fused-ring (bicyclic) bond motifs is 1. The van der Waals surface area contributed by atoms with E-state index in [9.17, 15) is 9.59 Å². The number of morpholine rings is 1. The lowest BCUT2D eigenvalue weighted by Crippen LogP contribution is -2.52. The van der Waals surface area contributed by atoms with Crippen molar-refractivity contribution in [2.75, 3.05) is 32.8 Å². The second-order valence-electron chi connectivity index (χ2n) is 7.27. The lowest BCUT2D eigenvalue weighted by molar-refractivity contribution is -0.0516. The molecular formula is C18H25N3O3. The van der Waals surface area contributed by atoms with Gasteiger partial charge in [-0.05, 0) is 24.8 Å². The number of nitrogens with zero attached hydrogens (tertiary/aromatic N) is 2. The van der Waals surface area contributed by atoms with Crippen LogP contribution in [0, 0.1) is 5.92 Å². The molecule has 4 rings (SSSR count). The summed E-state index contributed by atoms with van der Waals surface area (Å²) >= 11 is 0. The molecule has 2 aliphatic heterocycles. The van der Waals surface area contributed by atoms with Gasteiger partial charge in [0.1, 0.15) is 0 Å². The number of H-pyrrole nitrogens is 1. The first-order valence-electron chi connectivity index (χ1n) is 9.04. The summed E-state index contributed by atoms with van der Waals surface area (Å²) in [5, 5.41) is 0. The van der Waals surface area contributed by atoms with E-state index in [1.807, 2.05) is 4.90 Å². The molecule has 3 heterocycles. The number of aromatic nitrogens is 1. The van der Waals surface area contributed by atoms with Crippen molar-refractivity contribution in [3.63, 3.8) is 0 Å². The number of aromatic amines is 1. The molecule has 1 amide bonds. The number of carbonyl (C=O) groups excluding carboxylic acids is 1. The number of rotatable bonds is 3. The van der Waals surface area contributed by atoms with Gasteiger partial charge in [-0.2, -0.15) is 0 Å². The van der Waals surface area contributed by atoms with Crippen LogP contribution in [0.3, 0.4) is 0 Å². The van der Waals surface area contributed by atoms with Gasteiger partial charge in [-0.25, -0.2) is 0 Å². The van der Waals surface area contributed by atoms with E-state index in [-0.39, 0.29) is 17.6 Å². The summed E-state index contributed by atoms with van der Waals surface area (Å²) in [5.74, 6) is 0.737. The zero-order valence-corrected chi connectivity index (χ0v) is 13.9. The normalized spacial score (nSPS) is 28.2. The lowest BCUT2D eigenvalue weighted by atomic mass is 10.0. The number of likely N-dealkylation sites (tertiary alicyclic amines) is 1. The zero-order chi connectivity index (χ0) is 16.5. The number of ether oxygens (including phenoxy) is 1. The van der Waals surface area contributed by atoms with Crippen LogP contribution in [0.2, 0.25) is 0 Å². The van der Waals surface area contributed by atoms with E-state index in [0.29, 0.717) is 24.7 Å². The van der Waals surface area contributed by atoms with Crippen molar-refractivity contribution in [3.05, 3.63) is 34.2 Å². The maximum Gasteiger partial charge on any atom is 0.254 e. The molecule has 0 bridgehead atoms. The van der Waals surface area contributed by atoms with Crippen molar-refractivity contribution in [1.29, 1.82) is 0 Å². The van der Waals surface area contributed by atoms with E-state index >= 15 is 0 Å². The van der Waals surface area contributed by atoms with Crippen molar-refractivity contribution in [2.45, 2.75) is 37.8 Å². The lowest BCUT2D eigenvalue weighted by Gasteiger charge is -2.38. The maximum atomic E-state index is 12.7. The van der Waals surface area contributed by atoms with Crippen LogP contribution in [0.1, 0.15) is 36.0 Å². The highest BCUT2D eigenvalue weighted by molar-refractivity contribution is 5.94. The number of nitrogens with one attached hydrogen (secondary N) is 1. The summed E-state index contributed by atoms with van der Waals surface area (Å²) in [5.41, 5.74) is 0.219. The van der Waals surface area contributed by atoms with E-state index in [1.165, 1.54) is 37.9 Å². The summed E-state index contributed by atoms with van der Waals surface area (Å²) in [6.07, 6.45) is 7.02. The SMILES string of the molecule is O=C(c1cc[nH]c(=O)c1)N1C[C@@H]2OCCN(CC3CCCC3)[C@H]2C1. The molecule has 0 aromatic carbocycles. The first kappa shape index (κ1) is 15.8. The molecule has 1 aromatic rings. The largest absolute Gasteiger partial charge is 0.373 e. The molecule has 3 fully saturated rings. The Morgan fingerprint density at radius 1 is 1.29 bits per heavy atom. The molecule has 6 heteroatoms. The predicted molar refractivity (Wildman–Crippen MR) is 90.0 cm³/mol. The van der Waals surface area contributed by atoms with Crippen molar-refractivity contribution in [3.8, 4) is 0 Å². The molecule has 6 nitrogen and oxygen atoms in total. The highest BCUT2D eigenvalue weighted by Gasteiger charge is 2.42. The predicted octanol–water partition coefficient (Wildman–Crippen LogP) is 1.09. The summed E-state index contributed by atoms with van der Waals surface area (Å²) < 4.78 is 5.93. The summed E-state index contributed by atoms with van der Waals surface area (Å²) in [4.78, 5) is 31.1. The second kappa shape index (κ2) is 6.69. The molecule has 2 atom stereocenters. The first-order valence-corrected chi connectivity index (χ1v) is 9.04. The number of hydrogen-bond acceptors (Lipinski definition) is 4. The monoisotopic (exact) mass is 331 g/mol. The van der Waals surface area contributed by atoms with Gasteiger partial charge in [0, 0.05) is 44.0 Å². The fourth-order valence-electron chi connectivity index (χ4n) is 4.44. The van der Waals surface area contributed by atoms with Gasteiger partial charge in [-0.1, -0.05) is 12.8 Å². The Morgan fingerprint density at radius 3 is 2.92 bits per heavy atom. The number of pyridine rings is 1. The highest BCUT2D eigenvalue weighted by Crippen LogP contribution is 2.30. The van der Waals surface area contributed by atoms with Crippen LogP contribution >= 0.6 is 0 Å². The van der Waals surface area contributed by atoms with Gasteiger partial charge in [-0.3, -0.25) is 14.5 Å². The molecule has 3 aliphatic rings. The molecule has 2 saturated heterocycles. The molecule has 1 aromatic heterocycles. The second-order valence-corrected chi connectivity index (χ2v) is 7.27. The van der Waals surface area contributed by atoms with Crippen LogP contribution in [-0.2, 0) is 4.74 Å². The van der Waals surface area contributed by atoms with Gasteiger partial charge in [0.15, 0.2) is 0 Å². The van der Waals surface area contributed by atoms with Gasteiger partial charge in [0.05, 0.1) is 18.8 Å². The first-order chi connectivity index (χ1) is 11.7. The van der Waals surface area contributed by atoms with E-state index < -0.39 is 0 Å². The third kappa shape index (κ3) is 3.13. The molecule has 1 N–H and O–H groups in total. The van der Waals surface area contributed by atoms with Gasteiger partial charge < -0.3 is 14.6 Å². The molecule has 0 spiro atoms. The van der Waals surface area contributed by atoms with Gasteiger partial charge >= 0.3 is 0 Å². The number of hydrogen-bond donors (Lipinski definition) is 1. The minimum atomic E-state index is -0.239. The molecular weight excluding hydrogens is 306 g/mol. The molecule has 130 valence electrons. The van der Waals surface area contributed by atoms with Gasteiger partial charge in [0.2, 0.25) is 5.56 Å². The third-order valence-corrected chi connectivity index (χ3v) is 5.69. The Morgan fingerprint density at radius 2 is 2.12 bits per heavy atom.